The zero-order valence-corrected chi connectivity index (χ0v) is 21.4. The third-order valence-electron chi connectivity index (χ3n) is 7.67. The first-order chi connectivity index (χ1) is 17.6. The van der Waals surface area contributed by atoms with Gasteiger partial charge in [0, 0.05) is 29.2 Å². The summed E-state index contributed by atoms with van der Waals surface area (Å²) in [5.74, 6) is -0.280. The van der Waals surface area contributed by atoms with E-state index in [9.17, 15) is 4.79 Å². The molecule has 3 aromatic carbocycles. The Bertz CT molecular complexity index is 1320. The zero-order chi connectivity index (χ0) is 24.9. The first kappa shape index (κ1) is 24.3. The van der Waals surface area contributed by atoms with Crippen LogP contribution in [0.3, 0.4) is 0 Å². The van der Waals surface area contributed by atoms with Crippen LogP contribution < -0.4 is 0 Å². The number of fused-ring (bicyclic) bond motifs is 1. The number of rotatable bonds is 8. The number of likely N-dealkylation sites (N-methyl/N-ethyl adjacent to an activating group) is 1. The lowest BCUT2D eigenvalue weighted by Crippen LogP contribution is -2.34. The Balaban J connectivity index is 1.30. The number of aryl methyl sites for hydroxylation is 1. The molecule has 4 aromatic rings. The first-order valence-corrected chi connectivity index (χ1v) is 13.2. The van der Waals surface area contributed by atoms with Gasteiger partial charge in [-0.2, -0.15) is 0 Å². The van der Waals surface area contributed by atoms with Crippen molar-refractivity contribution in [1.82, 2.24) is 9.88 Å². The van der Waals surface area contributed by atoms with Crippen LogP contribution in [0.4, 0.5) is 0 Å². The summed E-state index contributed by atoms with van der Waals surface area (Å²) in [4.78, 5) is 19.2. The van der Waals surface area contributed by atoms with E-state index in [0.29, 0.717) is 11.6 Å². The smallest absolute Gasteiger partial charge is 0.340 e. The lowest BCUT2D eigenvalue weighted by molar-refractivity contribution is 0.0475. The van der Waals surface area contributed by atoms with Crippen molar-refractivity contribution in [2.45, 2.75) is 58.1 Å². The standard InChI is InChI=1S/C32H36N2O2/c1-23-31(32(35)36-22-26-13-9-10-16-28(26)25-11-5-3-6-12-25)29-21-24(17-18-30(29)33-23)19-20-34(2)27-14-7-4-8-15-27/h3,5-6,9-13,16-18,21,27,33H,4,7-8,14-15,19-20,22H2,1-2H3. The predicted molar refractivity (Wildman–Crippen MR) is 147 cm³/mol. The number of aromatic amines is 1. The monoisotopic (exact) mass is 480 g/mol. The third kappa shape index (κ3) is 5.39. The summed E-state index contributed by atoms with van der Waals surface area (Å²) in [6.07, 6.45) is 7.69. The lowest BCUT2D eigenvalue weighted by Gasteiger charge is -2.31. The number of nitrogens with zero attached hydrogens (tertiary/aromatic N) is 1. The highest BCUT2D eigenvalue weighted by Gasteiger charge is 2.20. The van der Waals surface area contributed by atoms with Crippen molar-refractivity contribution >= 4 is 16.9 Å². The van der Waals surface area contributed by atoms with E-state index in [0.717, 1.165) is 46.3 Å². The minimum Gasteiger partial charge on any atom is -0.457 e. The lowest BCUT2D eigenvalue weighted by atomic mass is 9.94. The molecular formula is C32H36N2O2. The van der Waals surface area contributed by atoms with Crippen LogP contribution in [0, 0.1) is 6.92 Å². The van der Waals surface area contributed by atoms with Crippen LogP contribution >= 0.6 is 0 Å². The Hall–Kier alpha value is -3.37. The van der Waals surface area contributed by atoms with Gasteiger partial charge in [0.15, 0.2) is 0 Å². The average molecular weight is 481 g/mol. The van der Waals surface area contributed by atoms with Crippen molar-refractivity contribution < 1.29 is 9.53 Å². The number of hydrogen-bond donors (Lipinski definition) is 1. The van der Waals surface area contributed by atoms with Crippen molar-refractivity contribution in [1.29, 1.82) is 0 Å². The Morgan fingerprint density at radius 2 is 1.72 bits per heavy atom. The van der Waals surface area contributed by atoms with Crippen LogP contribution in [-0.4, -0.2) is 35.5 Å². The Labute approximate surface area is 214 Å². The molecule has 4 heteroatoms. The number of aromatic nitrogens is 1. The molecule has 0 bridgehead atoms. The van der Waals surface area contributed by atoms with E-state index in [1.807, 2.05) is 43.3 Å². The number of esters is 1. The molecule has 4 nitrogen and oxygen atoms in total. The van der Waals surface area contributed by atoms with E-state index >= 15 is 0 Å². The minimum atomic E-state index is -0.280. The van der Waals surface area contributed by atoms with Gasteiger partial charge in [-0.3, -0.25) is 0 Å². The summed E-state index contributed by atoms with van der Waals surface area (Å²) >= 11 is 0. The maximum Gasteiger partial charge on any atom is 0.340 e. The largest absolute Gasteiger partial charge is 0.457 e. The number of hydrogen-bond acceptors (Lipinski definition) is 3. The SMILES string of the molecule is Cc1[nH]c2ccc(CCN(C)C3CCCCC3)cc2c1C(=O)OCc1ccccc1-c1ccccc1. The number of H-pyrrole nitrogens is 1. The summed E-state index contributed by atoms with van der Waals surface area (Å²) in [6.45, 7) is 3.22. The van der Waals surface area contributed by atoms with Gasteiger partial charge in [-0.15, -0.1) is 0 Å². The molecule has 186 valence electrons. The van der Waals surface area contributed by atoms with Gasteiger partial charge in [0.25, 0.3) is 0 Å². The number of ether oxygens (including phenoxy) is 1. The molecular weight excluding hydrogens is 444 g/mol. The second-order valence-corrected chi connectivity index (χ2v) is 10.1. The molecule has 5 rings (SSSR count). The van der Waals surface area contributed by atoms with Crippen molar-refractivity contribution in [3.8, 4) is 11.1 Å². The molecule has 0 unspecified atom stereocenters. The van der Waals surface area contributed by atoms with Crippen LogP contribution in [0.2, 0.25) is 0 Å². The van der Waals surface area contributed by atoms with E-state index in [2.05, 4.69) is 53.3 Å². The van der Waals surface area contributed by atoms with Crippen LogP contribution in [-0.2, 0) is 17.8 Å². The fourth-order valence-corrected chi connectivity index (χ4v) is 5.56. The summed E-state index contributed by atoms with van der Waals surface area (Å²) < 4.78 is 5.87. The maximum absolute atomic E-state index is 13.3. The van der Waals surface area contributed by atoms with Gasteiger partial charge >= 0.3 is 5.97 Å². The molecule has 1 aromatic heterocycles. The molecule has 0 spiro atoms. The Kier molecular flexibility index (Phi) is 7.52. The number of carbonyl (C=O) groups is 1. The second-order valence-electron chi connectivity index (χ2n) is 10.1. The quantitative estimate of drug-likeness (QED) is 0.269. The summed E-state index contributed by atoms with van der Waals surface area (Å²) in [6, 6.07) is 25.5. The molecule has 1 aliphatic carbocycles. The zero-order valence-electron chi connectivity index (χ0n) is 21.4. The van der Waals surface area contributed by atoms with Crippen molar-refractivity contribution in [3.05, 3.63) is 95.2 Å². The number of nitrogens with one attached hydrogen (secondary N) is 1. The molecule has 36 heavy (non-hydrogen) atoms. The number of carbonyl (C=O) groups excluding carboxylic acids is 1. The maximum atomic E-state index is 13.3. The normalized spacial score (nSPS) is 14.4. The van der Waals surface area contributed by atoms with Gasteiger partial charge in [0.2, 0.25) is 0 Å². The highest BCUT2D eigenvalue weighted by Crippen LogP contribution is 2.28. The van der Waals surface area contributed by atoms with E-state index in [1.165, 1.54) is 37.7 Å². The molecule has 1 N–H and O–H groups in total. The molecule has 1 aliphatic rings. The van der Waals surface area contributed by atoms with Gasteiger partial charge in [-0.25, -0.2) is 4.79 Å². The highest BCUT2D eigenvalue weighted by molar-refractivity contribution is 6.05. The van der Waals surface area contributed by atoms with Gasteiger partial charge < -0.3 is 14.6 Å². The van der Waals surface area contributed by atoms with E-state index in [1.54, 1.807) is 0 Å². The van der Waals surface area contributed by atoms with E-state index < -0.39 is 0 Å². The van der Waals surface area contributed by atoms with Crippen LogP contribution in [0.15, 0.2) is 72.8 Å². The van der Waals surface area contributed by atoms with Crippen molar-refractivity contribution in [2.75, 3.05) is 13.6 Å². The summed E-state index contributed by atoms with van der Waals surface area (Å²) in [5, 5.41) is 0.951. The van der Waals surface area contributed by atoms with Crippen molar-refractivity contribution in [3.63, 3.8) is 0 Å². The molecule has 0 aliphatic heterocycles. The van der Waals surface area contributed by atoms with E-state index in [4.69, 9.17) is 4.74 Å². The van der Waals surface area contributed by atoms with Gasteiger partial charge in [0.05, 0.1) is 5.56 Å². The van der Waals surface area contributed by atoms with Crippen LogP contribution in [0.25, 0.3) is 22.0 Å². The second kappa shape index (κ2) is 11.1. The first-order valence-electron chi connectivity index (χ1n) is 13.2. The topological polar surface area (TPSA) is 45.3 Å². The van der Waals surface area contributed by atoms with Crippen LogP contribution in [0.1, 0.15) is 59.3 Å². The number of benzene rings is 3. The van der Waals surface area contributed by atoms with Gasteiger partial charge in [-0.1, -0.05) is 79.9 Å². The molecule has 1 saturated carbocycles. The highest BCUT2D eigenvalue weighted by atomic mass is 16.5. The molecule has 0 amide bonds. The van der Waals surface area contributed by atoms with Crippen LogP contribution in [0.5, 0.6) is 0 Å². The minimum absolute atomic E-state index is 0.238. The molecule has 0 radical (unpaired) electrons. The van der Waals surface area contributed by atoms with Crippen molar-refractivity contribution in [2.24, 2.45) is 0 Å². The average Bonchev–Trinajstić information content (AvgIpc) is 3.26. The predicted octanol–water partition coefficient (Wildman–Crippen LogP) is 7.31. The third-order valence-corrected chi connectivity index (χ3v) is 7.67. The summed E-state index contributed by atoms with van der Waals surface area (Å²) in [7, 11) is 2.25. The van der Waals surface area contributed by atoms with Gasteiger partial charge in [-0.05, 0) is 67.6 Å². The molecule has 1 fully saturated rings. The molecule has 0 saturated heterocycles. The van der Waals surface area contributed by atoms with Gasteiger partial charge in [0.1, 0.15) is 6.61 Å². The molecule has 1 heterocycles. The Morgan fingerprint density at radius 1 is 0.972 bits per heavy atom. The molecule has 0 atom stereocenters. The van der Waals surface area contributed by atoms with E-state index in [-0.39, 0.29) is 12.6 Å². The fraction of sp³-hybridized carbons (Fsp3) is 0.344. The summed E-state index contributed by atoms with van der Waals surface area (Å²) in [5.41, 5.74) is 6.94. The Morgan fingerprint density at radius 3 is 2.53 bits per heavy atom. The fourth-order valence-electron chi connectivity index (χ4n) is 5.56.